The minimum atomic E-state index is -0.993. The third-order valence-corrected chi connectivity index (χ3v) is 5.21. The Morgan fingerprint density at radius 2 is 1.61 bits per heavy atom. The number of thiol groups is 1. The van der Waals surface area contributed by atoms with Gasteiger partial charge in [0.1, 0.15) is 5.75 Å². The van der Waals surface area contributed by atoms with E-state index in [-0.39, 0.29) is 17.5 Å². The van der Waals surface area contributed by atoms with Gasteiger partial charge in [-0.15, -0.1) is 12.6 Å². The Morgan fingerprint density at radius 3 is 2.11 bits per heavy atom. The van der Waals surface area contributed by atoms with Gasteiger partial charge in [-0.05, 0) is 88.6 Å². The second-order valence-electron chi connectivity index (χ2n) is 7.24. The smallest absolute Gasteiger partial charge is 0.336 e. The van der Waals surface area contributed by atoms with Crippen molar-refractivity contribution in [1.29, 1.82) is 0 Å². The van der Waals surface area contributed by atoms with E-state index in [0.29, 0.717) is 28.0 Å². The van der Waals surface area contributed by atoms with Gasteiger partial charge < -0.3 is 9.84 Å². The van der Waals surface area contributed by atoms with Crippen LogP contribution >= 0.6 is 12.6 Å². The van der Waals surface area contributed by atoms with E-state index in [1.807, 2.05) is 39.8 Å². The van der Waals surface area contributed by atoms with E-state index >= 15 is 0 Å². The zero-order valence-corrected chi connectivity index (χ0v) is 18.0. The van der Waals surface area contributed by atoms with Crippen LogP contribution in [0.25, 0.3) is 6.08 Å². The third-order valence-electron chi connectivity index (χ3n) is 4.50. The van der Waals surface area contributed by atoms with Gasteiger partial charge in [0.2, 0.25) is 0 Å². The summed E-state index contributed by atoms with van der Waals surface area (Å²) in [5.74, 6) is -0.638. The molecule has 2 rings (SSSR count). The lowest BCUT2D eigenvalue weighted by atomic mass is 9.96. The van der Waals surface area contributed by atoms with E-state index in [9.17, 15) is 14.7 Å². The van der Waals surface area contributed by atoms with E-state index in [2.05, 4.69) is 12.6 Å². The highest BCUT2D eigenvalue weighted by Crippen LogP contribution is 2.32. The molecule has 2 aromatic rings. The molecule has 0 radical (unpaired) electrons. The SMILES string of the molecule is Cc1cc(C(=O)C=Cc2cc(C)c(C(=O)O)c(C)c2OC(C)C)cc(C)c1S. The summed E-state index contributed by atoms with van der Waals surface area (Å²) >= 11 is 4.44. The molecule has 0 aliphatic heterocycles. The molecule has 0 atom stereocenters. The van der Waals surface area contributed by atoms with Gasteiger partial charge in [-0.2, -0.15) is 0 Å². The number of ether oxygens (including phenoxy) is 1. The maximum absolute atomic E-state index is 12.7. The standard InChI is InChI=1S/C23H26O4S/c1-12(2)27-21-16(6)20(23(25)26)13(3)9-17(21)7-8-19(24)18-10-14(4)22(28)15(5)11-18/h7-12,28H,1-6H3,(H,25,26). The van der Waals surface area contributed by atoms with Gasteiger partial charge in [0.15, 0.2) is 5.78 Å². The lowest BCUT2D eigenvalue weighted by molar-refractivity contribution is 0.0694. The Labute approximate surface area is 171 Å². The molecular formula is C23H26O4S. The van der Waals surface area contributed by atoms with Crippen molar-refractivity contribution in [2.45, 2.75) is 52.5 Å². The van der Waals surface area contributed by atoms with Crippen LogP contribution < -0.4 is 4.74 Å². The lowest BCUT2D eigenvalue weighted by Gasteiger charge is -2.18. The molecule has 0 saturated heterocycles. The molecule has 0 bridgehead atoms. The molecule has 0 aliphatic carbocycles. The first-order valence-corrected chi connectivity index (χ1v) is 9.54. The molecule has 0 spiro atoms. The number of carbonyl (C=O) groups is 2. The van der Waals surface area contributed by atoms with Gasteiger partial charge in [0.25, 0.3) is 0 Å². The second-order valence-corrected chi connectivity index (χ2v) is 7.69. The van der Waals surface area contributed by atoms with E-state index < -0.39 is 5.97 Å². The van der Waals surface area contributed by atoms with Gasteiger partial charge in [-0.1, -0.05) is 0 Å². The van der Waals surface area contributed by atoms with E-state index in [1.165, 1.54) is 6.08 Å². The fourth-order valence-electron chi connectivity index (χ4n) is 3.20. The molecular weight excluding hydrogens is 372 g/mol. The van der Waals surface area contributed by atoms with Crippen LogP contribution in [0.5, 0.6) is 5.75 Å². The molecule has 4 nitrogen and oxygen atoms in total. The molecule has 0 amide bonds. The Kier molecular flexibility index (Phi) is 6.73. The van der Waals surface area contributed by atoms with Gasteiger partial charge in [0, 0.05) is 21.6 Å². The minimum Gasteiger partial charge on any atom is -0.490 e. The van der Waals surface area contributed by atoms with Gasteiger partial charge in [-0.25, -0.2) is 4.79 Å². The molecule has 0 saturated carbocycles. The number of allylic oxidation sites excluding steroid dienone is 1. The van der Waals surface area contributed by atoms with Crippen LogP contribution in [0, 0.1) is 27.7 Å². The zero-order chi connectivity index (χ0) is 21.2. The topological polar surface area (TPSA) is 63.6 Å². The van der Waals surface area contributed by atoms with Crippen LogP contribution in [0.2, 0.25) is 0 Å². The first kappa shape index (κ1) is 21.8. The van der Waals surface area contributed by atoms with Crippen molar-refractivity contribution in [3.63, 3.8) is 0 Å². The number of carboxylic acid groups (broad SMARTS) is 1. The summed E-state index contributed by atoms with van der Waals surface area (Å²) in [5, 5.41) is 9.50. The van der Waals surface area contributed by atoms with Gasteiger partial charge in [-0.3, -0.25) is 4.79 Å². The summed E-state index contributed by atoms with van der Waals surface area (Å²) in [6.45, 7) is 11.1. The monoisotopic (exact) mass is 398 g/mol. The van der Waals surface area contributed by atoms with Crippen molar-refractivity contribution in [2.24, 2.45) is 0 Å². The summed E-state index contributed by atoms with van der Waals surface area (Å²) < 4.78 is 5.88. The molecule has 2 aromatic carbocycles. The predicted molar refractivity (Wildman–Crippen MR) is 115 cm³/mol. The predicted octanol–water partition coefficient (Wildman–Crippen LogP) is 5.59. The van der Waals surface area contributed by atoms with Crippen LogP contribution in [0.4, 0.5) is 0 Å². The number of hydrogen-bond acceptors (Lipinski definition) is 4. The number of rotatable bonds is 6. The zero-order valence-electron chi connectivity index (χ0n) is 17.1. The number of ketones is 1. The maximum Gasteiger partial charge on any atom is 0.336 e. The van der Waals surface area contributed by atoms with Crippen LogP contribution in [0.15, 0.2) is 29.2 Å². The Balaban J connectivity index is 2.49. The van der Waals surface area contributed by atoms with Crippen molar-refractivity contribution in [1.82, 2.24) is 0 Å². The van der Waals surface area contributed by atoms with Crippen LogP contribution in [0.3, 0.4) is 0 Å². The summed E-state index contributed by atoms with van der Waals surface area (Å²) in [7, 11) is 0. The fourth-order valence-corrected chi connectivity index (χ4v) is 3.33. The molecule has 0 unspecified atom stereocenters. The van der Waals surface area contributed by atoms with Crippen LogP contribution in [-0.4, -0.2) is 23.0 Å². The molecule has 1 N–H and O–H groups in total. The summed E-state index contributed by atoms with van der Waals surface area (Å²) in [6.07, 6.45) is 3.05. The summed E-state index contributed by atoms with van der Waals surface area (Å²) in [5.41, 5.74) is 4.57. The van der Waals surface area contributed by atoms with Crippen molar-refractivity contribution in [2.75, 3.05) is 0 Å². The van der Waals surface area contributed by atoms with Crippen molar-refractivity contribution in [3.8, 4) is 5.75 Å². The number of benzene rings is 2. The average Bonchev–Trinajstić information content (AvgIpc) is 2.59. The molecule has 0 fully saturated rings. The van der Waals surface area contributed by atoms with E-state index in [0.717, 1.165) is 16.0 Å². The van der Waals surface area contributed by atoms with Gasteiger partial charge >= 0.3 is 5.97 Å². The van der Waals surface area contributed by atoms with E-state index in [4.69, 9.17) is 4.74 Å². The fraction of sp³-hybridized carbons (Fsp3) is 0.304. The first-order chi connectivity index (χ1) is 13.0. The number of aryl methyl sites for hydroxylation is 3. The third kappa shape index (κ3) is 4.65. The number of carboxylic acids is 1. The quantitative estimate of drug-likeness (QED) is 0.378. The number of carbonyl (C=O) groups excluding carboxylic acids is 1. The average molecular weight is 399 g/mol. The molecule has 148 valence electrons. The summed E-state index contributed by atoms with van der Waals surface area (Å²) in [6, 6.07) is 5.38. The minimum absolute atomic E-state index is 0.126. The largest absolute Gasteiger partial charge is 0.490 e. The highest BCUT2D eigenvalue weighted by atomic mass is 32.1. The van der Waals surface area contributed by atoms with Crippen molar-refractivity contribution in [3.05, 3.63) is 63.2 Å². The number of aromatic carboxylic acids is 1. The molecule has 0 aliphatic rings. The highest BCUT2D eigenvalue weighted by Gasteiger charge is 2.19. The van der Waals surface area contributed by atoms with Gasteiger partial charge in [0.05, 0.1) is 11.7 Å². The molecule has 5 heteroatoms. The highest BCUT2D eigenvalue weighted by molar-refractivity contribution is 7.80. The Morgan fingerprint density at radius 1 is 1.04 bits per heavy atom. The van der Waals surface area contributed by atoms with Crippen LogP contribution in [0.1, 0.15) is 62.4 Å². The molecule has 0 heterocycles. The maximum atomic E-state index is 12.7. The Hall–Kier alpha value is -2.53. The molecule has 0 aromatic heterocycles. The van der Waals surface area contributed by atoms with Crippen LogP contribution in [-0.2, 0) is 0 Å². The first-order valence-electron chi connectivity index (χ1n) is 9.09. The van der Waals surface area contributed by atoms with Crippen molar-refractivity contribution >= 4 is 30.5 Å². The summed E-state index contributed by atoms with van der Waals surface area (Å²) in [4.78, 5) is 25.1. The lowest BCUT2D eigenvalue weighted by Crippen LogP contribution is -2.12. The Bertz CT molecular complexity index is 948. The second kappa shape index (κ2) is 8.65. The van der Waals surface area contributed by atoms with E-state index in [1.54, 1.807) is 26.0 Å². The van der Waals surface area contributed by atoms with Crippen molar-refractivity contribution < 1.29 is 19.4 Å². The normalized spacial score (nSPS) is 11.3. The number of hydrogen-bond donors (Lipinski definition) is 2. The molecule has 28 heavy (non-hydrogen) atoms.